The van der Waals surface area contributed by atoms with E-state index in [9.17, 15) is 15.4 Å². The molecule has 1 aliphatic rings. The molecule has 1 aliphatic carbocycles. The molecule has 0 heterocycles. The summed E-state index contributed by atoms with van der Waals surface area (Å²) in [7, 11) is 2.78. The summed E-state index contributed by atoms with van der Waals surface area (Å²) in [4.78, 5) is 10.6. The summed E-state index contributed by atoms with van der Waals surface area (Å²) in [5.41, 5.74) is -0.159. The summed E-state index contributed by atoms with van der Waals surface area (Å²) >= 11 is 0. The molecule has 100 valence electrons. The highest BCUT2D eigenvalue weighted by molar-refractivity contribution is 5.60. The highest BCUT2D eigenvalue weighted by atomic mass is 16.6. The number of hydrogen-bond acceptors (Lipinski definition) is 5. The summed E-state index contributed by atoms with van der Waals surface area (Å²) in [5, 5.41) is 20.4. The summed E-state index contributed by atoms with van der Waals surface area (Å²) in [6.45, 7) is 0. The van der Waals surface area contributed by atoms with Crippen molar-refractivity contribution in [1.82, 2.24) is 0 Å². The molecule has 19 heavy (non-hydrogen) atoms. The van der Waals surface area contributed by atoms with Gasteiger partial charge in [-0.1, -0.05) is 0 Å². The van der Waals surface area contributed by atoms with Crippen LogP contribution < -0.4 is 9.47 Å². The number of nitro benzene ring substituents is 1. The Labute approximate surface area is 110 Å². The van der Waals surface area contributed by atoms with Gasteiger partial charge in [-0.2, -0.15) is 5.26 Å². The van der Waals surface area contributed by atoms with Crippen molar-refractivity contribution in [2.24, 2.45) is 0 Å². The fraction of sp³-hybridized carbons (Fsp3) is 0.462. The van der Waals surface area contributed by atoms with Crippen molar-refractivity contribution in [3.63, 3.8) is 0 Å². The van der Waals surface area contributed by atoms with Gasteiger partial charge in [-0.05, 0) is 30.9 Å². The van der Waals surface area contributed by atoms with Crippen LogP contribution in [-0.2, 0) is 5.41 Å². The molecule has 1 aromatic rings. The molecule has 0 saturated heterocycles. The first kappa shape index (κ1) is 13.1. The van der Waals surface area contributed by atoms with Crippen LogP contribution in [0.1, 0.15) is 24.8 Å². The Morgan fingerprint density at radius 2 is 2.05 bits per heavy atom. The molecule has 0 bridgehead atoms. The second-order valence-corrected chi connectivity index (χ2v) is 4.54. The van der Waals surface area contributed by atoms with Crippen molar-refractivity contribution in [3.05, 3.63) is 27.8 Å². The van der Waals surface area contributed by atoms with Gasteiger partial charge in [-0.15, -0.1) is 0 Å². The third kappa shape index (κ3) is 1.97. The van der Waals surface area contributed by atoms with Gasteiger partial charge in [0, 0.05) is 6.07 Å². The molecular weight excluding hydrogens is 248 g/mol. The minimum Gasteiger partial charge on any atom is -0.493 e. The lowest BCUT2D eigenvalue weighted by molar-refractivity contribution is -0.385. The molecule has 1 aromatic carbocycles. The Bertz CT molecular complexity index is 558. The van der Waals surface area contributed by atoms with E-state index in [0.717, 1.165) is 19.3 Å². The minimum absolute atomic E-state index is 0.0867. The Kier molecular flexibility index (Phi) is 3.30. The van der Waals surface area contributed by atoms with E-state index in [-0.39, 0.29) is 17.2 Å². The van der Waals surface area contributed by atoms with Gasteiger partial charge in [0.1, 0.15) is 0 Å². The molecule has 0 amide bonds. The molecule has 0 aromatic heterocycles. The lowest BCUT2D eigenvalue weighted by Crippen LogP contribution is -2.32. The molecule has 0 unspecified atom stereocenters. The van der Waals surface area contributed by atoms with E-state index in [1.54, 1.807) is 6.07 Å². The average molecular weight is 262 g/mol. The molecular formula is C13H14N2O4. The van der Waals surface area contributed by atoms with E-state index in [1.165, 1.54) is 20.3 Å². The molecule has 1 fully saturated rings. The lowest BCUT2D eigenvalue weighted by Gasteiger charge is -2.35. The molecule has 1 saturated carbocycles. The van der Waals surface area contributed by atoms with Crippen molar-refractivity contribution in [1.29, 1.82) is 5.26 Å². The van der Waals surface area contributed by atoms with Gasteiger partial charge in [0.2, 0.25) is 5.75 Å². The van der Waals surface area contributed by atoms with Gasteiger partial charge in [0.25, 0.3) is 0 Å². The maximum absolute atomic E-state index is 11.1. The molecule has 0 spiro atoms. The molecule has 0 N–H and O–H groups in total. The maximum atomic E-state index is 11.1. The first-order valence-corrected chi connectivity index (χ1v) is 5.90. The zero-order valence-electron chi connectivity index (χ0n) is 10.8. The normalized spacial score (nSPS) is 16.1. The second kappa shape index (κ2) is 4.76. The van der Waals surface area contributed by atoms with Crippen LogP contribution in [0.5, 0.6) is 11.5 Å². The van der Waals surface area contributed by atoms with E-state index in [0.29, 0.717) is 5.56 Å². The fourth-order valence-corrected chi connectivity index (χ4v) is 2.35. The number of nitrogens with zero attached hydrogens (tertiary/aromatic N) is 2. The monoisotopic (exact) mass is 262 g/mol. The smallest absolute Gasteiger partial charge is 0.315 e. The molecule has 6 nitrogen and oxygen atoms in total. The van der Waals surface area contributed by atoms with Gasteiger partial charge in [0.15, 0.2) is 5.75 Å². The lowest BCUT2D eigenvalue weighted by atomic mass is 9.65. The summed E-state index contributed by atoms with van der Waals surface area (Å²) in [6, 6.07) is 5.35. The largest absolute Gasteiger partial charge is 0.493 e. The van der Waals surface area contributed by atoms with E-state index in [1.807, 2.05) is 0 Å². The highest BCUT2D eigenvalue weighted by Crippen LogP contribution is 2.48. The number of hydrogen-bond donors (Lipinski definition) is 0. The van der Waals surface area contributed by atoms with Crippen LogP contribution in [0, 0.1) is 21.4 Å². The third-order valence-electron chi connectivity index (χ3n) is 3.63. The van der Waals surface area contributed by atoms with Crippen molar-refractivity contribution >= 4 is 5.69 Å². The van der Waals surface area contributed by atoms with E-state index >= 15 is 0 Å². The van der Waals surface area contributed by atoms with E-state index < -0.39 is 10.3 Å². The molecule has 6 heteroatoms. The predicted molar refractivity (Wildman–Crippen MR) is 67.3 cm³/mol. The summed E-state index contributed by atoms with van der Waals surface area (Å²) < 4.78 is 10.2. The predicted octanol–water partition coefficient (Wildman–Crippen LogP) is 2.56. The summed E-state index contributed by atoms with van der Waals surface area (Å²) in [6.07, 6.45) is 2.39. The molecule has 0 aliphatic heterocycles. The zero-order chi connectivity index (χ0) is 14.0. The second-order valence-electron chi connectivity index (χ2n) is 4.54. The Morgan fingerprint density at radius 1 is 1.37 bits per heavy atom. The first-order chi connectivity index (χ1) is 9.07. The Hall–Kier alpha value is -2.29. The topological polar surface area (TPSA) is 85.4 Å². The first-order valence-electron chi connectivity index (χ1n) is 5.90. The Balaban J connectivity index is 2.62. The molecule has 2 rings (SSSR count). The van der Waals surface area contributed by atoms with Gasteiger partial charge in [-0.3, -0.25) is 10.1 Å². The maximum Gasteiger partial charge on any atom is 0.315 e. The van der Waals surface area contributed by atoms with Crippen molar-refractivity contribution < 1.29 is 14.4 Å². The van der Waals surface area contributed by atoms with Gasteiger partial charge in [-0.25, -0.2) is 0 Å². The minimum atomic E-state index is -0.621. The van der Waals surface area contributed by atoms with Gasteiger partial charge >= 0.3 is 5.69 Å². The number of nitro groups is 1. The van der Waals surface area contributed by atoms with Crippen LogP contribution in [-0.4, -0.2) is 19.1 Å². The number of rotatable bonds is 4. The number of ether oxygens (including phenoxy) is 2. The molecule has 0 atom stereocenters. The third-order valence-corrected chi connectivity index (χ3v) is 3.63. The molecule has 0 radical (unpaired) electrons. The number of methoxy groups -OCH3 is 2. The van der Waals surface area contributed by atoms with Crippen LogP contribution in [0.15, 0.2) is 12.1 Å². The highest BCUT2D eigenvalue weighted by Gasteiger charge is 2.41. The van der Waals surface area contributed by atoms with Crippen LogP contribution in [0.25, 0.3) is 0 Å². The van der Waals surface area contributed by atoms with E-state index in [2.05, 4.69) is 6.07 Å². The average Bonchev–Trinajstić information content (AvgIpc) is 2.36. The zero-order valence-corrected chi connectivity index (χ0v) is 10.8. The van der Waals surface area contributed by atoms with Crippen molar-refractivity contribution in [2.45, 2.75) is 24.7 Å². The van der Waals surface area contributed by atoms with Crippen LogP contribution >= 0.6 is 0 Å². The number of nitriles is 1. The van der Waals surface area contributed by atoms with Crippen LogP contribution in [0.2, 0.25) is 0 Å². The summed E-state index contributed by atoms with van der Waals surface area (Å²) in [5.74, 6) is 0.372. The Morgan fingerprint density at radius 3 is 2.42 bits per heavy atom. The van der Waals surface area contributed by atoms with Gasteiger partial charge < -0.3 is 9.47 Å². The van der Waals surface area contributed by atoms with Crippen LogP contribution in [0.3, 0.4) is 0 Å². The fourth-order valence-electron chi connectivity index (χ4n) is 2.35. The van der Waals surface area contributed by atoms with Crippen LogP contribution in [0.4, 0.5) is 5.69 Å². The quantitative estimate of drug-likeness (QED) is 0.614. The van der Waals surface area contributed by atoms with Gasteiger partial charge in [0.05, 0.1) is 30.6 Å². The van der Waals surface area contributed by atoms with E-state index in [4.69, 9.17) is 9.47 Å². The van der Waals surface area contributed by atoms with Crippen molar-refractivity contribution in [3.8, 4) is 17.6 Å². The van der Waals surface area contributed by atoms with Crippen molar-refractivity contribution in [2.75, 3.05) is 14.2 Å². The number of benzene rings is 1. The standard InChI is InChI=1S/C13H14N2O4/c1-18-11-7-9(13(8-14)4-3-5-13)6-10(15(16)17)12(11)19-2/h6-7H,3-5H2,1-2H3. The SMILES string of the molecule is COc1cc(C2(C#N)CCC2)cc([N+](=O)[O-])c1OC.